The lowest BCUT2D eigenvalue weighted by Gasteiger charge is -1.93. The van der Waals surface area contributed by atoms with Gasteiger partial charge in [0.1, 0.15) is 0 Å². The Morgan fingerprint density at radius 3 is 1.53 bits per heavy atom. The van der Waals surface area contributed by atoms with Gasteiger partial charge < -0.3 is 4.98 Å². The molecule has 0 fully saturated rings. The second-order valence-electron chi connectivity index (χ2n) is 4.60. The molecule has 0 saturated carbocycles. The van der Waals surface area contributed by atoms with Crippen LogP contribution >= 0.6 is 0 Å². The number of imidazole rings is 1. The summed E-state index contributed by atoms with van der Waals surface area (Å²) in [4.78, 5) is 6.99. The molecule has 2 heteroatoms. The molecule has 1 aromatic heterocycles. The first-order valence-corrected chi connectivity index (χ1v) is 8.29. The highest BCUT2D eigenvalue weighted by atomic mass is 14.9. The van der Waals surface area contributed by atoms with Crippen LogP contribution in [0.1, 0.15) is 6.92 Å². The molecule has 134 valence electrons. The van der Waals surface area contributed by atoms with Crippen LogP contribution in [0, 0.1) is 107 Å². The van der Waals surface area contributed by atoms with Crippen molar-refractivity contribution in [2.75, 3.05) is 0 Å². The van der Waals surface area contributed by atoms with Crippen LogP contribution in [0.4, 0.5) is 0 Å². The summed E-state index contributed by atoms with van der Waals surface area (Å²) >= 11 is 0. The summed E-state index contributed by atoms with van der Waals surface area (Å²) in [7, 11) is 0. The van der Waals surface area contributed by atoms with Crippen LogP contribution in [-0.2, 0) is 0 Å². The van der Waals surface area contributed by atoms with Crippen LogP contribution in [0.3, 0.4) is 0 Å². The molecule has 0 aliphatic heterocycles. The van der Waals surface area contributed by atoms with Gasteiger partial charge in [0.2, 0.25) is 0 Å². The van der Waals surface area contributed by atoms with Crippen molar-refractivity contribution >= 4 is 0 Å². The molecule has 0 saturated heterocycles. The van der Waals surface area contributed by atoms with Gasteiger partial charge in [-0.25, -0.2) is 4.98 Å². The van der Waals surface area contributed by atoms with Crippen LogP contribution in [0.15, 0.2) is 42.9 Å². The van der Waals surface area contributed by atoms with E-state index >= 15 is 0 Å². The Bertz CT molecular complexity index is 1370. The van der Waals surface area contributed by atoms with Crippen molar-refractivity contribution in [3.8, 4) is 118 Å². The number of nitrogens with zero attached hydrogens (tertiary/aromatic N) is 1. The van der Waals surface area contributed by atoms with E-state index in [0.717, 1.165) is 5.69 Å². The zero-order valence-electron chi connectivity index (χ0n) is 16.1. The van der Waals surface area contributed by atoms with Crippen molar-refractivity contribution in [2.24, 2.45) is 0 Å². The second kappa shape index (κ2) is 16.9. The number of benzene rings is 1. The summed E-state index contributed by atoms with van der Waals surface area (Å²) in [6.07, 6.45) is 8.39. The molecule has 0 unspecified atom stereocenters. The number of nitrogens with one attached hydrogen (secondary N) is 1. The van der Waals surface area contributed by atoms with Crippen LogP contribution in [0.25, 0.3) is 11.3 Å². The third-order valence-corrected chi connectivity index (χ3v) is 2.66. The molecule has 0 aliphatic rings. The van der Waals surface area contributed by atoms with Gasteiger partial charge in [0, 0.05) is 0 Å². The number of hydrogen-bond acceptors (Lipinski definition) is 1. The lowest BCUT2D eigenvalue weighted by atomic mass is 10.2. The lowest BCUT2D eigenvalue weighted by molar-refractivity contribution is 1.31. The minimum Gasteiger partial charge on any atom is -0.345 e. The van der Waals surface area contributed by atoms with Gasteiger partial charge >= 0.3 is 0 Å². The molecule has 1 N–H and O–H groups in total. The monoisotopic (exact) mass is 376 g/mol. The molecule has 0 atom stereocenters. The van der Waals surface area contributed by atoms with Crippen molar-refractivity contribution in [1.82, 2.24) is 9.97 Å². The summed E-state index contributed by atoms with van der Waals surface area (Å²) in [5.41, 5.74) is 2.23. The minimum absolute atomic E-state index is 1.06. The number of aromatic nitrogens is 2. The highest BCUT2D eigenvalue weighted by Crippen LogP contribution is 2.13. The fourth-order valence-corrected chi connectivity index (χ4v) is 1.54. The van der Waals surface area contributed by atoms with E-state index < -0.39 is 0 Å². The highest BCUT2D eigenvalue weighted by Gasteiger charge is 1.94. The topological polar surface area (TPSA) is 28.7 Å². The van der Waals surface area contributed by atoms with Gasteiger partial charge in [0.25, 0.3) is 0 Å². The molecular formula is C28H12N2. The van der Waals surface area contributed by atoms with Gasteiger partial charge in [-0.2, -0.15) is 0 Å². The van der Waals surface area contributed by atoms with E-state index in [4.69, 9.17) is 6.42 Å². The maximum atomic E-state index is 4.89. The molecule has 1 heterocycles. The quantitative estimate of drug-likeness (QED) is 0.762. The molecule has 2 nitrogen and oxygen atoms in total. The van der Waals surface area contributed by atoms with E-state index in [1.54, 1.807) is 13.3 Å². The Morgan fingerprint density at radius 1 is 0.667 bits per heavy atom. The third kappa shape index (κ3) is 11.9. The van der Waals surface area contributed by atoms with E-state index in [0.29, 0.717) is 0 Å². The molecule has 0 spiro atoms. The molecule has 1 aromatic carbocycles. The average Bonchev–Trinajstić information content (AvgIpc) is 3.33. The summed E-state index contributed by atoms with van der Waals surface area (Å²) < 4.78 is 0. The van der Waals surface area contributed by atoms with Crippen LogP contribution < -0.4 is 0 Å². The summed E-state index contributed by atoms with van der Waals surface area (Å²) in [5, 5.41) is 0. The van der Waals surface area contributed by atoms with Crippen molar-refractivity contribution in [3.63, 3.8) is 0 Å². The highest BCUT2D eigenvalue weighted by molar-refractivity contribution is 5.57. The van der Waals surface area contributed by atoms with E-state index in [1.165, 1.54) is 5.56 Å². The Labute approximate surface area is 178 Å². The minimum atomic E-state index is 1.06. The largest absolute Gasteiger partial charge is 0.345 e. The van der Waals surface area contributed by atoms with Gasteiger partial charge in [0.05, 0.1) is 18.2 Å². The number of H-pyrrole nitrogens is 1. The normalized spacial score (nSPS) is 6.00. The molecule has 30 heavy (non-hydrogen) atoms. The average molecular weight is 376 g/mol. The van der Waals surface area contributed by atoms with E-state index in [2.05, 4.69) is 111 Å². The first-order chi connectivity index (χ1) is 14.9. The zero-order valence-corrected chi connectivity index (χ0v) is 16.1. The maximum absolute atomic E-state index is 4.89. The first kappa shape index (κ1) is 22.5. The molecule has 2 rings (SSSR count). The van der Waals surface area contributed by atoms with Crippen LogP contribution in [0.5, 0.6) is 0 Å². The lowest BCUT2D eigenvalue weighted by Crippen LogP contribution is -1.73. The fourth-order valence-electron chi connectivity index (χ4n) is 1.54. The summed E-state index contributed by atoms with van der Waals surface area (Å²) in [6.45, 7) is 1.70. The summed E-state index contributed by atoms with van der Waals surface area (Å²) in [5.74, 6) is 41.9. The van der Waals surface area contributed by atoms with E-state index in [-0.39, 0.29) is 0 Å². The molecular weight excluding hydrogens is 364 g/mol. The van der Waals surface area contributed by atoms with Gasteiger partial charge in [-0.15, -0.1) is 6.42 Å². The third-order valence-electron chi connectivity index (χ3n) is 2.66. The zero-order chi connectivity index (χ0) is 21.5. The van der Waals surface area contributed by atoms with Crippen LogP contribution in [0.2, 0.25) is 0 Å². The van der Waals surface area contributed by atoms with Crippen molar-refractivity contribution in [1.29, 1.82) is 0 Å². The predicted molar refractivity (Wildman–Crippen MR) is 121 cm³/mol. The molecule has 0 amide bonds. The number of hydrogen-bond donors (Lipinski definition) is 1. The smallest absolute Gasteiger partial charge is 0.0924 e. The Morgan fingerprint density at radius 2 is 1.13 bits per heavy atom. The Kier molecular flexibility index (Phi) is 12.7. The van der Waals surface area contributed by atoms with Gasteiger partial charge in [0.15, 0.2) is 0 Å². The molecule has 0 aliphatic carbocycles. The van der Waals surface area contributed by atoms with Crippen LogP contribution in [-0.4, -0.2) is 9.97 Å². The van der Waals surface area contributed by atoms with Gasteiger partial charge in [-0.1, -0.05) is 36.3 Å². The fraction of sp³-hybridized carbons (Fsp3) is 0.0357. The first-order valence-electron chi connectivity index (χ1n) is 8.29. The SMILES string of the molecule is C#CC#CC#CC#CC#CC#CC#CC#CC#CC.c1ccc(-c2cnc[nH]2)cc1. The maximum Gasteiger partial charge on any atom is 0.0924 e. The standard InChI is InChI=1S/C19H4.C9H8N2/c1-3-5-7-9-11-13-15-17-19-18-16-14-12-10-8-6-4-2;1-2-4-8(5-3-1)9-6-10-7-11-9/h1H,2H3;1-7H,(H,10,11). The van der Waals surface area contributed by atoms with Gasteiger partial charge in [-0.3, -0.25) is 0 Å². The Balaban J connectivity index is 0.000000340. The van der Waals surface area contributed by atoms with E-state index in [9.17, 15) is 0 Å². The number of aromatic amines is 1. The summed E-state index contributed by atoms with van der Waals surface area (Å²) in [6, 6.07) is 10.1. The predicted octanol–water partition coefficient (Wildman–Crippen LogP) is 2.74. The number of terminal acetylenes is 1. The van der Waals surface area contributed by atoms with Crippen molar-refractivity contribution < 1.29 is 0 Å². The van der Waals surface area contributed by atoms with Crippen molar-refractivity contribution in [2.45, 2.75) is 6.92 Å². The molecule has 0 bridgehead atoms. The molecule has 2 aromatic rings. The number of rotatable bonds is 1. The Hall–Kier alpha value is -5.53. The van der Waals surface area contributed by atoms with E-state index in [1.807, 2.05) is 36.5 Å². The van der Waals surface area contributed by atoms with Gasteiger partial charge in [-0.05, 0) is 107 Å². The van der Waals surface area contributed by atoms with Crippen molar-refractivity contribution in [3.05, 3.63) is 42.9 Å². The second-order valence-corrected chi connectivity index (χ2v) is 4.60. The molecule has 0 radical (unpaired) electrons.